The lowest BCUT2D eigenvalue weighted by atomic mass is 10.1. The maximum atomic E-state index is 12.6. The number of carbonyl (C=O) groups is 1. The first-order valence-corrected chi connectivity index (χ1v) is 9.68. The molecule has 1 atom stereocenters. The van der Waals surface area contributed by atoms with E-state index in [1.807, 2.05) is 65.0 Å². The zero-order valence-electron chi connectivity index (χ0n) is 17.7. The Bertz CT molecular complexity index is 781. The molecule has 0 radical (unpaired) electrons. The molecule has 0 heterocycles. The van der Waals surface area contributed by atoms with E-state index >= 15 is 0 Å². The molecule has 0 bridgehead atoms. The van der Waals surface area contributed by atoms with Crippen LogP contribution in [0.15, 0.2) is 36.4 Å². The maximum Gasteiger partial charge on any atom is 0.261 e. The number of methoxy groups -OCH3 is 1. The number of rotatable bonds is 9. The van der Waals surface area contributed by atoms with Gasteiger partial charge < -0.3 is 19.5 Å². The molecule has 0 unspecified atom stereocenters. The maximum absolute atomic E-state index is 12.6. The van der Waals surface area contributed by atoms with Crippen LogP contribution in [0.1, 0.15) is 43.9 Å². The van der Waals surface area contributed by atoms with Crippen molar-refractivity contribution in [3.8, 4) is 17.2 Å². The van der Waals surface area contributed by atoms with Gasteiger partial charge in [-0.2, -0.15) is 0 Å². The fraction of sp³-hybridized carbons (Fsp3) is 0.435. The van der Waals surface area contributed by atoms with Gasteiger partial charge in [-0.05, 0) is 75.1 Å². The zero-order chi connectivity index (χ0) is 20.7. The predicted molar refractivity (Wildman–Crippen MR) is 111 cm³/mol. The third-order valence-corrected chi connectivity index (χ3v) is 4.19. The molecule has 5 heteroatoms. The zero-order valence-corrected chi connectivity index (χ0v) is 17.7. The molecule has 0 aliphatic heterocycles. The van der Waals surface area contributed by atoms with Gasteiger partial charge in [0.25, 0.3) is 5.91 Å². The van der Waals surface area contributed by atoms with Crippen molar-refractivity contribution in [3.63, 3.8) is 0 Å². The highest BCUT2D eigenvalue weighted by Crippen LogP contribution is 2.29. The summed E-state index contributed by atoms with van der Waals surface area (Å²) in [6, 6.07) is 11.6. The van der Waals surface area contributed by atoms with E-state index in [4.69, 9.17) is 14.2 Å². The molecule has 2 aromatic rings. The highest BCUT2D eigenvalue weighted by atomic mass is 16.5. The van der Waals surface area contributed by atoms with Gasteiger partial charge >= 0.3 is 0 Å². The SMILES string of the molecule is CC[C@H](Oc1cc(C)cc(C)c1)C(=O)NCc1ccc(OC(C)C)c(OC)c1. The normalized spacial score (nSPS) is 11.8. The van der Waals surface area contributed by atoms with Crippen LogP contribution in [0.25, 0.3) is 0 Å². The van der Waals surface area contributed by atoms with E-state index < -0.39 is 6.10 Å². The van der Waals surface area contributed by atoms with Crippen LogP contribution < -0.4 is 19.5 Å². The van der Waals surface area contributed by atoms with Gasteiger partial charge in [0.15, 0.2) is 17.6 Å². The van der Waals surface area contributed by atoms with Crippen LogP contribution >= 0.6 is 0 Å². The summed E-state index contributed by atoms with van der Waals surface area (Å²) in [6.45, 7) is 10.3. The molecule has 152 valence electrons. The summed E-state index contributed by atoms with van der Waals surface area (Å²) in [7, 11) is 1.61. The van der Waals surface area contributed by atoms with Crippen molar-refractivity contribution in [1.29, 1.82) is 0 Å². The average Bonchev–Trinajstić information content (AvgIpc) is 2.63. The predicted octanol–water partition coefficient (Wildman–Crippen LogP) is 4.57. The largest absolute Gasteiger partial charge is 0.493 e. The molecule has 0 saturated heterocycles. The minimum Gasteiger partial charge on any atom is -0.493 e. The molecule has 0 saturated carbocycles. The number of aryl methyl sites for hydroxylation is 2. The Kier molecular flexibility index (Phi) is 7.73. The summed E-state index contributed by atoms with van der Waals surface area (Å²) in [4.78, 5) is 12.6. The minimum absolute atomic E-state index is 0.0622. The van der Waals surface area contributed by atoms with Crippen LogP contribution in [0.2, 0.25) is 0 Å². The van der Waals surface area contributed by atoms with Gasteiger partial charge in [0.2, 0.25) is 0 Å². The number of nitrogens with one attached hydrogen (secondary N) is 1. The van der Waals surface area contributed by atoms with Gasteiger partial charge in [-0.15, -0.1) is 0 Å². The summed E-state index contributed by atoms with van der Waals surface area (Å²) in [5, 5.41) is 2.95. The van der Waals surface area contributed by atoms with Gasteiger partial charge in [-0.25, -0.2) is 0 Å². The number of benzene rings is 2. The summed E-state index contributed by atoms with van der Waals surface area (Å²) in [5.74, 6) is 1.93. The first-order valence-electron chi connectivity index (χ1n) is 9.68. The van der Waals surface area contributed by atoms with E-state index in [0.29, 0.717) is 24.5 Å². The monoisotopic (exact) mass is 385 g/mol. The van der Waals surface area contributed by atoms with E-state index in [1.165, 1.54) is 0 Å². The Morgan fingerprint density at radius 3 is 2.25 bits per heavy atom. The summed E-state index contributed by atoms with van der Waals surface area (Å²) in [5.41, 5.74) is 3.16. The molecule has 0 aliphatic rings. The number of carbonyl (C=O) groups excluding carboxylic acids is 1. The van der Waals surface area contributed by atoms with Crippen LogP contribution in [0.3, 0.4) is 0 Å². The molecule has 0 aliphatic carbocycles. The second kappa shape index (κ2) is 10.0. The average molecular weight is 386 g/mol. The van der Waals surface area contributed by atoms with Crippen molar-refractivity contribution in [1.82, 2.24) is 5.32 Å². The third kappa shape index (κ3) is 6.19. The van der Waals surface area contributed by atoms with Crippen molar-refractivity contribution in [2.75, 3.05) is 7.11 Å². The van der Waals surface area contributed by atoms with Crippen molar-refractivity contribution in [3.05, 3.63) is 53.1 Å². The molecule has 1 amide bonds. The Balaban J connectivity index is 2.01. The second-order valence-corrected chi connectivity index (χ2v) is 7.21. The third-order valence-electron chi connectivity index (χ3n) is 4.19. The Hall–Kier alpha value is -2.69. The summed E-state index contributed by atoms with van der Waals surface area (Å²) >= 11 is 0. The fourth-order valence-corrected chi connectivity index (χ4v) is 2.96. The fourth-order valence-electron chi connectivity index (χ4n) is 2.96. The standard InChI is InChI=1S/C23H31NO4/c1-7-20(28-19-11-16(4)10-17(5)12-19)23(25)24-14-18-8-9-21(27-15(2)3)22(13-18)26-6/h8-13,15,20H,7,14H2,1-6H3,(H,24,25)/t20-/m0/s1. The summed E-state index contributed by atoms with van der Waals surface area (Å²) in [6.07, 6.45) is 0.113. The molecule has 2 rings (SSSR count). The van der Waals surface area contributed by atoms with Crippen molar-refractivity contribution in [2.24, 2.45) is 0 Å². The van der Waals surface area contributed by atoms with Gasteiger partial charge in [-0.3, -0.25) is 4.79 Å². The molecule has 0 fully saturated rings. The topological polar surface area (TPSA) is 56.8 Å². The Morgan fingerprint density at radius 2 is 1.68 bits per heavy atom. The Morgan fingerprint density at radius 1 is 1.00 bits per heavy atom. The molecule has 0 spiro atoms. The number of amides is 1. The lowest BCUT2D eigenvalue weighted by Crippen LogP contribution is -2.37. The second-order valence-electron chi connectivity index (χ2n) is 7.21. The minimum atomic E-state index is -0.536. The first kappa shape index (κ1) is 21.6. The smallest absolute Gasteiger partial charge is 0.261 e. The van der Waals surface area contributed by atoms with Crippen molar-refractivity contribution < 1.29 is 19.0 Å². The van der Waals surface area contributed by atoms with Gasteiger partial charge in [0, 0.05) is 6.54 Å². The van der Waals surface area contributed by atoms with Gasteiger partial charge in [0.05, 0.1) is 13.2 Å². The molecule has 2 aromatic carbocycles. The van der Waals surface area contributed by atoms with Gasteiger partial charge in [-0.1, -0.05) is 19.1 Å². The van der Waals surface area contributed by atoms with Crippen molar-refractivity contribution in [2.45, 2.75) is 59.8 Å². The first-order chi connectivity index (χ1) is 13.3. The van der Waals surface area contributed by atoms with Crippen LogP contribution in [0.5, 0.6) is 17.2 Å². The van der Waals surface area contributed by atoms with Crippen molar-refractivity contribution >= 4 is 5.91 Å². The van der Waals surface area contributed by atoms with Crippen LogP contribution in [0.4, 0.5) is 0 Å². The van der Waals surface area contributed by atoms with E-state index in [9.17, 15) is 4.79 Å². The van der Waals surface area contributed by atoms with E-state index in [2.05, 4.69) is 11.4 Å². The lowest BCUT2D eigenvalue weighted by molar-refractivity contribution is -0.128. The number of ether oxygens (including phenoxy) is 3. The number of hydrogen-bond acceptors (Lipinski definition) is 4. The number of hydrogen-bond donors (Lipinski definition) is 1. The van der Waals surface area contributed by atoms with Crippen LogP contribution in [-0.2, 0) is 11.3 Å². The molecular weight excluding hydrogens is 354 g/mol. The van der Waals surface area contributed by atoms with Gasteiger partial charge in [0.1, 0.15) is 5.75 Å². The molecular formula is C23H31NO4. The lowest BCUT2D eigenvalue weighted by Gasteiger charge is -2.18. The van der Waals surface area contributed by atoms with E-state index in [-0.39, 0.29) is 12.0 Å². The highest BCUT2D eigenvalue weighted by molar-refractivity contribution is 5.81. The highest BCUT2D eigenvalue weighted by Gasteiger charge is 2.18. The summed E-state index contributed by atoms with van der Waals surface area (Å²) < 4.78 is 17.1. The van der Waals surface area contributed by atoms with Crippen LogP contribution in [-0.4, -0.2) is 25.2 Å². The molecule has 1 N–H and O–H groups in total. The van der Waals surface area contributed by atoms with E-state index in [0.717, 1.165) is 22.4 Å². The van der Waals surface area contributed by atoms with E-state index in [1.54, 1.807) is 7.11 Å². The van der Waals surface area contributed by atoms with Crippen LogP contribution in [0, 0.1) is 13.8 Å². The quantitative estimate of drug-likeness (QED) is 0.687. The molecule has 0 aromatic heterocycles. The molecule has 5 nitrogen and oxygen atoms in total. The molecule has 28 heavy (non-hydrogen) atoms. The Labute approximate surface area is 168 Å².